The Morgan fingerprint density at radius 1 is 1.29 bits per heavy atom. The lowest BCUT2D eigenvalue weighted by Crippen LogP contribution is -2.54. The van der Waals surface area contributed by atoms with Gasteiger partial charge in [0.1, 0.15) is 5.82 Å². The zero-order chi connectivity index (χ0) is 16.9. The van der Waals surface area contributed by atoms with E-state index in [1.54, 1.807) is 0 Å². The number of rotatable bonds is 5. The number of nitrogens with zero attached hydrogens (tertiary/aromatic N) is 4. The van der Waals surface area contributed by atoms with Crippen molar-refractivity contribution in [2.24, 2.45) is 0 Å². The van der Waals surface area contributed by atoms with E-state index in [2.05, 4.69) is 28.3 Å². The summed E-state index contributed by atoms with van der Waals surface area (Å²) >= 11 is 1.46. The Kier molecular flexibility index (Phi) is 5.45. The van der Waals surface area contributed by atoms with Crippen LogP contribution in [-0.4, -0.2) is 45.8 Å². The van der Waals surface area contributed by atoms with Gasteiger partial charge in [-0.1, -0.05) is 37.3 Å². The maximum atomic E-state index is 12.1. The summed E-state index contributed by atoms with van der Waals surface area (Å²) in [6.45, 7) is 6.60. The third kappa shape index (κ3) is 3.93. The molecular weight excluding hydrogens is 320 g/mol. The molecule has 1 aromatic carbocycles. The standard InChI is InChI=1S/C18H24N4OS/c1-3-7-17(23)22-11-10-21(13-14(22)2)18-19-16(20-24-18)12-15-8-5-4-6-9-15/h4-6,8-9,14H,3,7,10-13H2,1-2H3/t14-/m0/s1. The predicted molar refractivity (Wildman–Crippen MR) is 97.5 cm³/mol. The van der Waals surface area contributed by atoms with Gasteiger partial charge in [-0.15, -0.1) is 0 Å². The Hall–Kier alpha value is -1.95. The quantitative estimate of drug-likeness (QED) is 0.837. The van der Waals surface area contributed by atoms with E-state index >= 15 is 0 Å². The van der Waals surface area contributed by atoms with E-state index < -0.39 is 0 Å². The Labute approximate surface area is 147 Å². The molecule has 1 aliphatic rings. The molecular formula is C18H24N4OS. The average molecular weight is 344 g/mol. The first kappa shape index (κ1) is 16.9. The molecule has 0 aliphatic carbocycles. The average Bonchev–Trinajstić information content (AvgIpc) is 3.04. The van der Waals surface area contributed by atoms with Crippen LogP contribution in [0.4, 0.5) is 5.13 Å². The number of carbonyl (C=O) groups is 1. The van der Waals surface area contributed by atoms with E-state index in [-0.39, 0.29) is 11.9 Å². The van der Waals surface area contributed by atoms with Crippen molar-refractivity contribution in [3.8, 4) is 0 Å². The molecule has 1 aliphatic heterocycles. The molecule has 1 amide bonds. The van der Waals surface area contributed by atoms with Crippen LogP contribution in [0.15, 0.2) is 30.3 Å². The molecule has 6 heteroatoms. The number of aromatic nitrogens is 2. The van der Waals surface area contributed by atoms with Gasteiger partial charge in [-0.25, -0.2) is 4.98 Å². The third-order valence-electron chi connectivity index (χ3n) is 4.34. The van der Waals surface area contributed by atoms with Gasteiger partial charge >= 0.3 is 0 Å². The summed E-state index contributed by atoms with van der Waals surface area (Å²) in [6.07, 6.45) is 2.32. The molecule has 0 N–H and O–H groups in total. The first-order valence-electron chi connectivity index (χ1n) is 8.58. The highest BCUT2D eigenvalue weighted by Crippen LogP contribution is 2.22. The van der Waals surface area contributed by atoms with Crippen molar-refractivity contribution in [3.05, 3.63) is 41.7 Å². The van der Waals surface area contributed by atoms with Gasteiger partial charge in [-0.05, 0) is 18.9 Å². The fourth-order valence-corrected chi connectivity index (χ4v) is 3.80. The molecule has 5 nitrogen and oxygen atoms in total. The summed E-state index contributed by atoms with van der Waals surface area (Å²) < 4.78 is 4.50. The highest BCUT2D eigenvalue weighted by molar-refractivity contribution is 7.09. The minimum Gasteiger partial charge on any atom is -0.343 e. The van der Waals surface area contributed by atoms with Gasteiger partial charge in [0.25, 0.3) is 0 Å². The fraction of sp³-hybridized carbons (Fsp3) is 0.500. The highest BCUT2D eigenvalue weighted by Gasteiger charge is 2.28. The number of anilines is 1. The van der Waals surface area contributed by atoms with Crippen LogP contribution in [0.2, 0.25) is 0 Å². The molecule has 2 heterocycles. The number of piperazine rings is 1. The molecule has 1 saturated heterocycles. The Bertz CT molecular complexity index is 673. The lowest BCUT2D eigenvalue weighted by Gasteiger charge is -2.39. The number of hydrogen-bond donors (Lipinski definition) is 0. The van der Waals surface area contributed by atoms with Crippen LogP contribution < -0.4 is 4.90 Å². The summed E-state index contributed by atoms with van der Waals surface area (Å²) in [6, 6.07) is 10.5. The van der Waals surface area contributed by atoms with Crippen LogP contribution in [0.25, 0.3) is 0 Å². The van der Waals surface area contributed by atoms with Gasteiger partial charge in [-0.3, -0.25) is 4.79 Å². The van der Waals surface area contributed by atoms with Gasteiger partial charge in [0.15, 0.2) is 0 Å². The van der Waals surface area contributed by atoms with Crippen LogP contribution >= 0.6 is 11.5 Å². The van der Waals surface area contributed by atoms with E-state index in [0.29, 0.717) is 6.42 Å². The molecule has 0 bridgehead atoms. The van der Waals surface area contributed by atoms with Gasteiger partial charge in [0.05, 0.1) is 0 Å². The first-order valence-corrected chi connectivity index (χ1v) is 9.35. The molecule has 0 spiro atoms. The maximum absolute atomic E-state index is 12.1. The topological polar surface area (TPSA) is 49.3 Å². The van der Waals surface area contributed by atoms with Crippen molar-refractivity contribution in [2.45, 2.75) is 39.2 Å². The number of amides is 1. The SMILES string of the molecule is CCCC(=O)N1CCN(c2nc(Cc3ccccc3)ns2)C[C@@H]1C. The van der Waals surface area contributed by atoms with Crippen LogP contribution in [0.3, 0.4) is 0 Å². The zero-order valence-electron chi connectivity index (χ0n) is 14.3. The number of carbonyl (C=O) groups excluding carboxylic acids is 1. The first-order chi connectivity index (χ1) is 11.7. The molecule has 0 saturated carbocycles. The van der Waals surface area contributed by atoms with E-state index in [4.69, 9.17) is 4.98 Å². The Morgan fingerprint density at radius 3 is 2.79 bits per heavy atom. The molecule has 0 radical (unpaired) electrons. The highest BCUT2D eigenvalue weighted by atomic mass is 32.1. The van der Waals surface area contributed by atoms with Crippen molar-refractivity contribution < 1.29 is 4.79 Å². The monoisotopic (exact) mass is 344 g/mol. The summed E-state index contributed by atoms with van der Waals surface area (Å²) in [5, 5.41) is 0.968. The molecule has 3 rings (SSSR count). The van der Waals surface area contributed by atoms with Gasteiger partial charge in [-0.2, -0.15) is 4.37 Å². The lowest BCUT2D eigenvalue weighted by atomic mass is 10.1. The fourth-order valence-electron chi connectivity index (χ4n) is 3.08. The summed E-state index contributed by atoms with van der Waals surface area (Å²) in [7, 11) is 0. The molecule has 1 fully saturated rings. The minimum absolute atomic E-state index is 0.222. The number of hydrogen-bond acceptors (Lipinski definition) is 5. The minimum atomic E-state index is 0.222. The lowest BCUT2D eigenvalue weighted by molar-refractivity contribution is -0.133. The van der Waals surface area contributed by atoms with Crippen molar-refractivity contribution in [2.75, 3.05) is 24.5 Å². The van der Waals surface area contributed by atoms with E-state index in [1.165, 1.54) is 17.1 Å². The molecule has 1 aromatic heterocycles. The van der Waals surface area contributed by atoms with E-state index in [1.807, 2.05) is 30.0 Å². The zero-order valence-corrected chi connectivity index (χ0v) is 15.1. The largest absolute Gasteiger partial charge is 0.343 e. The molecule has 0 unspecified atom stereocenters. The van der Waals surface area contributed by atoms with E-state index in [9.17, 15) is 4.79 Å². The smallest absolute Gasteiger partial charge is 0.222 e. The van der Waals surface area contributed by atoms with Crippen molar-refractivity contribution >= 4 is 22.6 Å². The predicted octanol–water partition coefficient (Wildman–Crippen LogP) is 2.97. The Balaban J connectivity index is 1.61. The third-order valence-corrected chi connectivity index (χ3v) is 5.16. The summed E-state index contributed by atoms with van der Waals surface area (Å²) in [5.74, 6) is 1.14. The van der Waals surface area contributed by atoms with Gasteiger partial charge < -0.3 is 9.80 Å². The van der Waals surface area contributed by atoms with Crippen molar-refractivity contribution in [3.63, 3.8) is 0 Å². The van der Waals surface area contributed by atoms with Gasteiger partial charge in [0.2, 0.25) is 11.0 Å². The summed E-state index contributed by atoms with van der Waals surface area (Å²) in [4.78, 5) is 21.1. The second-order valence-electron chi connectivity index (χ2n) is 6.29. The van der Waals surface area contributed by atoms with E-state index in [0.717, 1.165) is 43.4 Å². The van der Waals surface area contributed by atoms with Crippen LogP contribution in [0, 0.1) is 0 Å². The van der Waals surface area contributed by atoms with Crippen LogP contribution in [0.5, 0.6) is 0 Å². The molecule has 128 valence electrons. The van der Waals surface area contributed by atoms with Gasteiger partial charge in [0, 0.05) is 50.1 Å². The van der Waals surface area contributed by atoms with Crippen molar-refractivity contribution in [1.82, 2.24) is 14.3 Å². The van der Waals surface area contributed by atoms with Crippen molar-refractivity contribution in [1.29, 1.82) is 0 Å². The molecule has 2 aromatic rings. The number of benzene rings is 1. The molecule has 1 atom stereocenters. The second kappa shape index (κ2) is 7.75. The summed E-state index contributed by atoms with van der Waals surface area (Å²) in [5.41, 5.74) is 1.23. The van der Waals surface area contributed by atoms with Crippen LogP contribution in [-0.2, 0) is 11.2 Å². The van der Waals surface area contributed by atoms with Crippen LogP contribution in [0.1, 0.15) is 38.1 Å². The Morgan fingerprint density at radius 2 is 2.08 bits per heavy atom. The molecule has 24 heavy (non-hydrogen) atoms. The second-order valence-corrected chi connectivity index (χ2v) is 7.02. The maximum Gasteiger partial charge on any atom is 0.222 e. The normalized spacial score (nSPS) is 18.0.